The van der Waals surface area contributed by atoms with Crippen LogP contribution in [0.3, 0.4) is 0 Å². The molecule has 0 radical (unpaired) electrons. The minimum absolute atomic E-state index is 0.0886. The summed E-state index contributed by atoms with van der Waals surface area (Å²) in [5.74, 6) is 0. The van der Waals surface area contributed by atoms with Crippen LogP contribution in [0.1, 0.15) is 48.6 Å². The van der Waals surface area contributed by atoms with Crippen molar-refractivity contribution in [3.63, 3.8) is 0 Å². The molecule has 1 aromatic heterocycles. The highest BCUT2D eigenvalue weighted by molar-refractivity contribution is 6.10. The van der Waals surface area contributed by atoms with Gasteiger partial charge in [-0.3, -0.25) is 0 Å². The van der Waals surface area contributed by atoms with Crippen LogP contribution in [-0.4, -0.2) is 4.57 Å². The Morgan fingerprint density at radius 3 is 1.91 bits per heavy atom. The molecular weight excluding hydrogens is 665 g/mol. The maximum absolute atomic E-state index is 2.58. The monoisotopic (exact) mass is 702 g/mol. The standard InChI is InChI=1S/C53H38N2/c1-52(2)41-21-10-8-19-40(41)50-43(52)23-14-25-47(50)55-46-30-28-33(31-44(46)53(3)42-22-11-7-17-36(42)39-20-13-26-48(55)51(39)53)34-27-29-38-37-18-9-12-24-45(37)54(49(38)32-34)35-15-5-4-6-16-35/h4-32H,1-3H3. The van der Waals surface area contributed by atoms with Crippen LogP contribution in [-0.2, 0) is 10.8 Å². The summed E-state index contributed by atoms with van der Waals surface area (Å²) in [7, 11) is 0. The van der Waals surface area contributed by atoms with Gasteiger partial charge in [0.25, 0.3) is 0 Å². The van der Waals surface area contributed by atoms with E-state index in [1.165, 1.54) is 106 Å². The van der Waals surface area contributed by atoms with Gasteiger partial charge in [0, 0.05) is 32.9 Å². The normalized spacial score (nSPS) is 16.8. The van der Waals surface area contributed by atoms with Gasteiger partial charge in [-0.25, -0.2) is 0 Å². The van der Waals surface area contributed by atoms with Gasteiger partial charge >= 0.3 is 0 Å². The SMILES string of the molecule is CC1(C)c2ccccc2-c2c(N3c4ccc(-c5ccc6c7ccccc7n(-c7ccccc7)c6c5)cc4C4(C)c5ccccc5-c5cccc3c54)cccc21. The van der Waals surface area contributed by atoms with Gasteiger partial charge < -0.3 is 9.47 Å². The number of hydrogen-bond donors (Lipinski definition) is 0. The fraction of sp³-hybridized carbons (Fsp3) is 0.0943. The molecular formula is C53H38N2. The summed E-state index contributed by atoms with van der Waals surface area (Å²) < 4.78 is 2.42. The fourth-order valence-corrected chi connectivity index (χ4v) is 10.7. The van der Waals surface area contributed by atoms with Crippen LogP contribution < -0.4 is 4.90 Å². The van der Waals surface area contributed by atoms with Gasteiger partial charge in [0.1, 0.15) is 0 Å². The molecule has 8 aromatic carbocycles. The quantitative estimate of drug-likeness (QED) is 0.178. The van der Waals surface area contributed by atoms with Crippen LogP contribution >= 0.6 is 0 Å². The lowest BCUT2D eigenvalue weighted by Crippen LogP contribution is -2.32. The van der Waals surface area contributed by atoms with E-state index in [4.69, 9.17) is 0 Å². The van der Waals surface area contributed by atoms with Crippen LogP contribution in [0.25, 0.3) is 60.9 Å². The molecule has 1 atom stereocenters. The van der Waals surface area contributed by atoms with Gasteiger partial charge in [-0.15, -0.1) is 0 Å². The van der Waals surface area contributed by atoms with Gasteiger partial charge in [-0.05, 0) is 111 Å². The Bertz CT molecular complexity index is 3090. The second-order valence-electron chi connectivity index (χ2n) is 16.2. The number of rotatable bonds is 3. The second-order valence-corrected chi connectivity index (χ2v) is 16.2. The molecule has 0 saturated carbocycles. The van der Waals surface area contributed by atoms with E-state index in [2.05, 4.69) is 206 Å². The van der Waals surface area contributed by atoms with E-state index in [0.29, 0.717) is 0 Å². The Labute approximate surface area is 321 Å². The molecule has 0 spiro atoms. The predicted octanol–water partition coefficient (Wildman–Crippen LogP) is 13.9. The second kappa shape index (κ2) is 10.7. The molecule has 0 N–H and O–H groups in total. The van der Waals surface area contributed by atoms with E-state index in [9.17, 15) is 0 Å². The summed E-state index contributed by atoms with van der Waals surface area (Å²) in [5.41, 5.74) is 21.6. The smallest absolute Gasteiger partial charge is 0.0547 e. The molecule has 9 aromatic rings. The zero-order valence-electron chi connectivity index (χ0n) is 31.1. The van der Waals surface area contributed by atoms with Gasteiger partial charge in [-0.2, -0.15) is 0 Å². The maximum atomic E-state index is 2.58. The third kappa shape index (κ3) is 3.89. The molecule has 2 nitrogen and oxygen atoms in total. The van der Waals surface area contributed by atoms with E-state index >= 15 is 0 Å². The first kappa shape index (κ1) is 30.8. The Morgan fingerprint density at radius 2 is 1.04 bits per heavy atom. The van der Waals surface area contributed by atoms with Crippen molar-refractivity contribution in [2.24, 2.45) is 0 Å². The summed E-state index contributed by atoms with van der Waals surface area (Å²) in [5, 5.41) is 2.54. The molecule has 260 valence electrons. The molecule has 2 heteroatoms. The summed E-state index contributed by atoms with van der Waals surface area (Å²) in [4.78, 5) is 2.58. The third-order valence-corrected chi connectivity index (χ3v) is 13.2. The van der Waals surface area contributed by atoms with E-state index < -0.39 is 0 Å². The summed E-state index contributed by atoms with van der Waals surface area (Å²) in [6.07, 6.45) is 0. The Morgan fingerprint density at radius 1 is 0.400 bits per heavy atom. The number of para-hydroxylation sites is 2. The average Bonchev–Trinajstić information content (AvgIpc) is 3.80. The van der Waals surface area contributed by atoms with Crippen LogP contribution in [0.2, 0.25) is 0 Å². The van der Waals surface area contributed by atoms with Crippen molar-refractivity contribution in [3.05, 3.63) is 204 Å². The van der Waals surface area contributed by atoms with Gasteiger partial charge in [-0.1, -0.05) is 141 Å². The van der Waals surface area contributed by atoms with Gasteiger partial charge in [0.15, 0.2) is 0 Å². The lowest BCUT2D eigenvalue weighted by Gasteiger charge is -2.43. The Kier molecular flexibility index (Phi) is 6.01. The lowest BCUT2D eigenvalue weighted by atomic mass is 9.70. The van der Waals surface area contributed by atoms with Gasteiger partial charge in [0.2, 0.25) is 0 Å². The molecule has 55 heavy (non-hydrogen) atoms. The first-order valence-corrected chi connectivity index (χ1v) is 19.4. The van der Waals surface area contributed by atoms with Crippen LogP contribution in [0.4, 0.5) is 17.1 Å². The highest BCUT2D eigenvalue weighted by Gasteiger charge is 2.49. The minimum atomic E-state index is -0.331. The molecule has 0 bridgehead atoms. The van der Waals surface area contributed by atoms with Crippen molar-refractivity contribution in [1.29, 1.82) is 0 Å². The molecule has 12 rings (SSSR count). The molecule has 1 unspecified atom stereocenters. The molecule has 0 saturated heterocycles. The van der Waals surface area contributed by atoms with Crippen molar-refractivity contribution in [3.8, 4) is 39.1 Å². The Hall–Kier alpha value is -6.64. The molecule has 0 fully saturated rings. The van der Waals surface area contributed by atoms with Crippen molar-refractivity contribution < 1.29 is 0 Å². The molecule has 1 aliphatic heterocycles. The highest BCUT2D eigenvalue weighted by Crippen LogP contribution is 2.64. The Balaban J connectivity index is 1.13. The number of anilines is 3. The number of fused-ring (bicyclic) bond motifs is 11. The molecule has 0 amide bonds. The van der Waals surface area contributed by atoms with Crippen molar-refractivity contribution >= 4 is 38.9 Å². The van der Waals surface area contributed by atoms with E-state index in [1.54, 1.807) is 0 Å². The number of benzene rings is 8. The summed E-state index contributed by atoms with van der Waals surface area (Å²) in [6, 6.07) is 65.8. The third-order valence-electron chi connectivity index (χ3n) is 13.2. The van der Waals surface area contributed by atoms with Crippen LogP contribution in [0.15, 0.2) is 176 Å². The first-order chi connectivity index (χ1) is 26.9. The average molecular weight is 703 g/mol. The zero-order chi connectivity index (χ0) is 36.6. The number of aromatic nitrogens is 1. The van der Waals surface area contributed by atoms with Crippen molar-refractivity contribution in [2.75, 3.05) is 4.90 Å². The van der Waals surface area contributed by atoms with Gasteiger partial charge in [0.05, 0.1) is 28.1 Å². The van der Waals surface area contributed by atoms with E-state index in [0.717, 1.165) is 0 Å². The maximum Gasteiger partial charge on any atom is 0.0547 e. The number of nitrogens with zero attached hydrogens (tertiary/aromatic N) is 2. The van der Waals surface area contributed by atoms with E-state index in [-0.39, 0.29) is 10.8 Å². The topological polar surface area (TPSA) is 8.17 Å². The van der Waals surface area contributed by atoms with Crippen LogP contribution in [0, 0.1) is 0 Å². The molecule has 2 aliphatic carbocycles. The molecule has 3 aliphatic rings. The highest BCUT2D eigenvalue weighted by atomic mass is 15.2. The van der Waals surface area contributed by atoms with Crippen molar-refractivity contribution in [1.82, 2.24) is 4.57 Å². The summed E-state index contributed by atoms with van der Waals surface area (Å²) in [6.45, 7) is 7.21. The zero-order valence-corrected chi connectivity index (χ0v) is 31.1. The van der Waals surface area contributed by atoms with Crippen molar-refractivity contribution in [2.45, 2.75) is 31.6 Å². The number of hydrogen-bond acceptors (Lipinski definition) is 1. The summed E-state index contributed by atoms with van der Waals surface area (Å²) >= 11 is 0. The first-order valence-electron chi connectivity index (χ1n) is 19.4. The van der Waals surface area contributed by atoms with E-state index in [1.807, 2.05) is 0 Å². The minimum Gasteiger partial charge on any atom is -0.309 e. The molecule has 2 heterocycles. The largest absolute Gasteiger partial charge is 0.309 e. The van der Waals surface area contributed by atoms with Crippen LogP contribution in [0.5, 0.6) is 0 Å². The lowest BCUT2D eigenvalue weighted by molar-refractivity contribution is 0.660. The predicted molar refractivity (Wildman–Crippen MR) is 229 cm³/mol. The fourth-order valence-electron chi connectivity index (χ4n) is 10.7.